The van der Waals surface area contributed by atoms with E-state index in [9.17, 15) is 0 Å². The molecule has 0 aliphatic carbocycles. The first-order valence-corrected chi connectivity index (χ1v) is 6.47. The highest BCUT2D eigenvalue weighted by Crippen LogP contribution is 2.22. The lowest BCUT2D eigenvalue weighted by Gasteiger charge is -2.15. The number of aromatic nitrogens is 2. The van der Waals surface area contributed by atoms with Crippen LogP contribution in [0.1, 0.15) is 49.4 Å². The van der Waals surface area contributed by atoms with E-state index in [-0.39, 0.29) is 0 Å². The van der Waals surface area contributed by atoms with E-state index < -0.39 is 0 Å². The fraction of sp³-hybridized carbons (Fsp3) is 0.643. The van der Waals surface area contributed by atoms with E-state index in [1.165, 1.54) is 31.2 Å². The van der Waals surface area contributed by atoms with Gasteiger partial charge in [-0.25, -0.2) is 0 Å². The quantitative estimate of drug-likeness (QED) is 0.554. The van der Waals surface area contributed by atoms with E-state index in [2.05, 4.69) is 30.1 Å². The summed E-state index contributed by atoms with van der Waals surface area (Å²) >= 11 is 0. The van der Waals surface area contributed by atoms with Crippen LogP contribution in [-0.2, 0) is 7.05 Å². The molecular weight excluding hydrogens is 210 g/mol. The summed E-state index contributed by atoms with van der Waals surface area (Å²) in [4.78, 5) is 0. The third kappa shape index (κ3) is 4.35. The number of rotatable bonds is 8. The molecular formula is C14H25N3. The zero-order valence-corrected chi connectivity index (χ0v) is 11.4. The zero-order valence-electron chi connectivity index (χ0n) is 11.4. The van der Waals surface area contributed by atoms with Gasteiger partial charge in [0.1, 0.15) is 0 Å². The highest BCUT2D eigenvalue weighted by molar-refractivity contribution is 5.19. The van der Waals surface area contributed by atoms with Crippen molar-refractivity contribution in [3.63, 3.8) is 0 Å². The van der Waals surface area contributed by atoms with Gasteiger partial charge in [-0.1, -0.05) is 18.9 Å². The Morgan fingerprint density at radius 1 is 1.47 bits per heavy atom. The Hall–Kier alpha value is -1.09. The molecule has 0 amide bonds. The third-order valence-corrected chi connectivity index (χ3v) is 3.18. The lowest BCUT2D eigenvalue weighted by atomic mass is 10.0. The van der Waals surface area contributed by atoms with Crippen LogP contribution in [0.3, 0.4) is 0 Å². The predicted octanol–water partition coefficient (Wildman–Crippen LogP) is 3.13. The molecule has 3 nitrogen and oxygen atoms in total. The lowest BCUT2D eigenvalue weighted by Crippen LogP contribution is -2.16. The summed E-state index contributed by atoms with van der Waals surface area (Å²) in [7, 11) is 4.01. The van der Waals surface area contributed by atoms with Gasteiger partial charge in [-0.05, 0) is 33.2 Å². The van der Waals surface area contributed by atoms with Crippen LogP contribution in [0.4, 0.5) is 0 Å². The van der Waals surface area contributed by atoms with Gasteiger partial charge in [0.05, 0.1) is 5.69 Å². The standard InChI is InChI=1S/C14H25N3/c1-5-6-7-8-9-10-14(15-3)13-11-17(4)16-12(13)2/h5,11,14-15H,1,6-10H2,2-4H3. The Morgan fingerprint density at radius 3 is 2.76 bits per heavy atom. The molecule has 0 radical (unpaired) electrons. The minimum absolute atomic E-state index is 0.437. The van der Waals surface area contributed by atoms with Crippen LogP contribution < -0.4 is 5.32 Å². The second-order valence-corrected chi connectivity index (χ2v) is 4.61. The van der Waals surface area contributed by atoms with Crippen LogP contribution in [0.5, 0.6) is 0 Å². The molecule has 1 aromatic rings. The van der Waals surface area contributed by atoms with Gasteiger partial charge >= 0.3 is 0 Å². The molecule has 1 N–H and O–H groups in total. The van der Waals surface area contributed by atoms with Crippen molar-refractivity contribution >= 4 is 0 Å². The summed E-state index contributed by atoms with van der Waals surface area (Å²) in [6, 6.07) is 0.437. The molecule has 96 valence electrons. The molecule has 1 heterocycles. The summed E-state index contributed by atoms with van der Waals surface area (Å²) < 4.78 is 1.90. The molecule has 0 saturated heterocycles. The molecule has 1 atom stereocenters. The van der Waals surface area contributed by atoms with E-state index in [0.29, 0.717) is 6.04 Å². The smallest absolute Gasteiger partial charge is 0.0641 e. The summed E-state index contributed by atoms with van der Waals surface area (Å²) in [6.45, 7) is 5.83. The van der Waals surface area contributed by atoms with E-state index >= 15 is 0 Å². The summed E-state index contributed by atoms with van der Waals surface area (Å²) in [6.07, 6.45) is 10.2. The second-order valence-electron chi connectivity index (χ2n) is 4.61. The molecule has 1 rings (SSSR count). The Balaban J connectivity index is 2.43. The Morgan fingerprint density at radius 2 is 2.24 bits per heavy atom. The molecule has 0 saturated carbocycles. The molecule has 0 aliphatic heterocycles. The summed E-state index contributed by atoms with van der Waals surface area (Å²) in [5.41, 5.74) is 2.47. The first-order chi connectivity index (χ1) is 8.19. The summed E-state index contributed by atoms with van der Waals surface area (Å²) in [5.74, 6) is 0. The van der Waals surface area contributed by atoms with Crippen molar-refractivity contribution in [3.05, 3.63) is 30.1 Å². The molecule has 0 aromatic carbocycles. The van der Waals surface area contributed by atoms with Crippen LogP contribution >= 0.6 is 0 Å². The van der Waals surface area contributed by atoms with E-state index in [0.717, 1.165) is 12.1 Å². The minimum Gasteiger partial charge on any atom is -0.313 e. The highest BCUT2D eigenvalue weighted by atomic mass is 15.3. The molecule has 1 aromatic heterocycles. The largest absolute Gasteiger partial charge is 0.313 e. The molecule has 0 spiro atoms. The van der Waals surface area contributed by atoms with Gasteiger partial charge in [0.15, 0.2) is 0 Å². The molecule has 17 heavy (non-hydrogen) atoms. The normalized spacial score (nSPS) is 12.6. The lowest BCUT2D eigenvalue weighted by molar-refractivity contribution is 0.506. The number of hydrogen-bond acceptors (Lipinski definition) is 2. The molecule has 3 heteroatoms. The predicted molar refractivity (Wildman–Crippen MR) is 73.0 cm³/mol. The molecule has 0 aliphatic rings. The van der Waals surface area contributed by atoms with Crippen LogP contribution in [0.15, 0.2) is 18.9 Å². The monoisotopic (exact) mass is 235 g/mol. The van der Waals surface area contributed by atoms with Gasteiger partial charge in [0, 0.05) is 24.8 Å². The molecule has 0 fully saturated rings. The number of nitrogens with one attached hydrogen (secondary N) is 1. The topological polar surface area (TPSA) is 29.9 Å². The maximum Gasteiger partial charge on any atom is 0.0641 e. The fourth-order valence-corrected chi connectivity index (χ4v) is 2.23. The maximum atomic E-state index is 4.40. The van der Waals surface area contributed by atoms with Crippen molar-refractivity contribution in [2.24, 2.45) is 7.05 Å². The van der Waals surface area contributed by atoms with Gasteiger partial charge in [-0.2, -0.15) is 5.10 Å². The maximum absolute atomic E-state index is 4.40. The van der Waals surface area contributed by atoms with Gasteiger partial charge in [0.25, 0.3) is 0 Å². The highest BCUT2D eigenvalue weighted by Gasteiger charge is 2.13. The number of hydrogen-bond donors (Lipinski definition) is 1. The van der Waals surface area contributed by atoms with Crippen LogP contribution in [0, 0.1) is 6.92 Å². The molecule has 0 bridgehead atoms. The zero-order chi connectivity index (χ0) is 12.7. The Kier molecular flexibility index (Phi) is 5.98. The number of aryl methyl sites for hydroxylation is 2. The fourth-order valence-electron chi connectivity index (χ4n) is 2.23. The van der Waals surface area contributed by atoms with Crippen LogP contribution in [-0.4, -0.2) is 16.8 Å². The SMILES string of the molecule is C=CCCCCCC(NC)c1cn(C)nc1C. The van der Waals surface area contributed by atoms with Crippen molar-refractivity contribution < 1.29 is 0 Å². The van der Waals surface area contributed by atoms with Crippen LogP contribution in [0.2, 0.25) is 0 Å². The van der Waals surface area contributed by atoms with E-state index in [4.69, 9.17) is 0 Å². The van der Waals surface area contributed by atoms with E-state index in [1.807, 2.05) is 24.9 Å². The minimum atomic E-state index is 0.437. The van der Waals surface area contributed by atoms with Crippen molar-refractivity contribution in [2.45, 2.75) is 45.1 Å². The first-order valence-electron chi connectivity index (χ1n) is 6.47. The Labute approximate surface area is 105 Å². The van der Waals surface area contributed by atoms with E-state index in [1.54, 1.807) is 0 Å². The van der Waals surface area contributed by atoms with Gasteiger partial charge < -0.3 is 5.32 Å². The van der Waals surface area contributed by atoms with Gasteiger partial charge in [-0.15, -0.1) is 6.58 Å². The average molecular weight is 235 g/mol. The number of nitrogens with zero attached hydrogens (tertiary/aromatic N) is 2. The average Bonchev–Trinajstić information content (AvgIpc) is 2.63. The number of unbranched alkanes of at least 4 members (excludes halogenated alkanes) is 3. The first kappa shape index (κ1) is 14.0. The van der Waals surface area contributed by atoms with Crippen molar-refractivity contribution in [1.29, 1.82) is 0 Å². The Bertz CT molecular complexity index is 341. The second kappa shape index (κ2) is 7.28. The van der Waals surface area contributed by atoms with Gasteiger partial charge in [-0.3, -0.25) is 4.68 Å². The van der Waals surface area contributed by atoms with Gasteiger partial charge in [0.2, 0.25) is 0 Å². The molecule has 1 unspecified atom stereocenters. The van der Waals surface area contributed by atoms with Crippen molar-refractivity contribution in [1.82, 2.24) is 15.1 Å². The van der Waals surface area contributed by atoms with Crippen LogP contribution in [0.25, 0.3) is 0 Å². The summed E-state index contributed by atoms with van der Waals surface area (Å²) in [5, 5.41) is 7.79. The van der Waals surface area contributed by atoms with Crippen molar-refractivity contribution in [3.8, 4) is 0 Å². The van der Waals surface area contributed by atoms with Crippen molar-refractivity contribution in [2.75, 3.05) is 7.05 Å². The third-order valence-electron chi connectivity index (χ3n) is 3.18. The number of allylic oxidation sites excluding steroid dienone is 1.